The van der Waals surface area contributed by atoms with Crippen LogP contribution in [-0.2, 0) is 9.59 Å². The maximum atomic E-state index is 13.6. The van der Waals surface area contributed by atoms with Gasteiger partial charge in [0.25, 0.3) is 0 Å². The van der Waals surface area contributed by atoms with E-state index in [0.29, 0.717) is 5.69 Å². The Balaban J connectivity index is 1.33. The first-order chi connectivity index (χ1) is 16.0. The van der Waals surface area contributed by atoms with E-state index in [2.05, 4.69) is 17.1 Å². The standard InChI is InChI=1S/C25H19FN2O3S2/c26-12-6-8-13(9-7-12)28-23(29)18-14-10-15(19(18)24(28)30)20-17(14)16(11-4-2-1-3-5-11)21-22(32-20)27-25(31)33-21/h1-9,14-20H,10H2,(H,27,31)/t14-,15-,16+,17+,18+,19+,20-/m1/s1. The van der Waals surface area contributed by atoms with Gasteiger partial charge in [-0.25, -0.2) is 4.39 Å². The van der Waals surface area contributed by atoms with E-state index < -0.39 is 5.82 Å². The van der Waals surface area contributed by atoms with Crippen molar-refractivity contribution >= 4 is 40.6 Å². The van der Waals surface area contributed by atoms with Gasteiger partial charge in [0.2, 0.25) is 11.8 Å². The highest BCUT2D eigenvalue weighted by Gasteiger charge is 2.69. The SMILES string of the molecule is O=C1[C@H]2[C@H]3C[C@@H]([C@@H]2C(=O)N1c1ccc(F)cc1)[C@H]1[C@H](c2ccccc2)c2sc(=O)[nH]c2S[C@H]31. The second-order valence-corrected chi connectivity index (χ2v) is 11.6. The van der Waals surface area contributed by atoms with Crippen molar-refractivity contribution in [1.82, 2.24) is 4.98 Å². The van der Waals surface area contributed by atoms with Gasteiger partial charge < -0.3 is 4.98 Å². The van der Waals surface area contributed by atoms with Crippen molar-refractivity contribution in [2.45, 2.75) is 22.6 Å². The number of halogens is 1. The van der Waals surface area contributed by atoms with Gasteiger partial charge in [0.05, 0.1) is 22.5 Å². The molecular formula is C25H19FN2O3S2. The Kier molecular flexibility index (Phi) is 4.13. The Morgan fingerprint density at radius 2 is 1.61 bits per heavy atom. The quantitative estimate of drug-likeness (QED) is 0.559. The average Bonchev–Trinajstić information content (AvgIpc) is 3.54. The molecule has 1 aromatic heterocycles. The van der Waals surface area contributed by atoms with Crippen molar-refractivity contribution < 1.29 is 14.0 Å². The molecule has 0 spiro atoms. The van der Waals surface area contributed by atoms with Crippen LogP contribution in [0.4, 0.5) is 10.1 Å². The molecule has 1 N–H and O–H groups in total. The first kappa shape index (κ1) is 19.7. The highest BCUT2D eigenvalue weighted by Crippen LogP contribution is 2.68. The highest BCUT2D eigenvalue weighted by molar-refractivity contribution is 8.00. The molecule has 4 aliphatic rings. The fourth-order valence-corrected chi connectivity index (χ4v) is 9.78. The number of fused-ring (bicyclic) bond motifs is 9. The zero-order valence-corrected chi connectivity index (χ0v) is 18.9. The molecule has 7 rings (SSSR count). The van der Waals surface area contributed by atoms with E-state index in [1.807, 2.05) is 18.2 Å². The number of thioether (sulfide) groups is 1. The zero-order chi connectivity index (χ0) is 22.4. The summed E-state index contributed by atoms with van der Waals surface area (Å²) in [4.78, 5) is 44.6. The molecule has 8 heteroatoms. The lowest BCUT2D eigenvalue weighted by Crippen LogP contribution is -2.42. The fourth-order valence-electron chi connectivity index (χ4n) is 6.90. The molecule has 2 bridgehead atoms. The number of nitrogens with zero attached hydrogens (tertiary/aromatic N) is 1. The number of rotatable bonds is 2. The van der Waals surface area contributed by atoms with E-state index in [9.17, 15) is 18.8 Å². The maximum absolute atomic E-state index is 13.6. The summed E-state index contributed by atoms with van der Waals surface area (Å²) in [5.41, 5.74) is 1.60. The van der Waals surface area contributed by atoms with Crippen LogP contribution in [0.1, 0.15) is 22.8 Å². The Labute approximate surface area is 197 Å². The number of imide groups is 1. The van der Waals surface area contributed by atoms with Gasteiger partial charge in [0.1, 0.15) is 5.82 Å². The Hall–Kier alpha value is -2.71. The number of benzene rings is 2. The van der Waals surface area contributed by atoms with Crippen LogP contribution in [-0.4, -0.2) is 22.0 Å². The summed E-state index contributed by atoms with van der Waals surface area (Å²) in [7, 11) is 0. The number of amides is 2. The zero-order valence-electron chi connectivity index (χ0n) is 17.3. The number of hydrogen-bond donors (Lipinski definition) is 1. The molecule has 2 aliphatic heterocycles. The van der Waals surface area contributed by atoms with Gasteiger partial charge >= 0.3 is 4.87 Å². The van der Waals surface area contributed by atoms with Crippen LogP contribution in [0, 0.1) is 35.4 Å². The minimum absolute atomic E-state index is 0.0372. The van der Waals surface area contributed by atoms with Crippen molar-refractivity contribution in [2.24, 2.45) is 29.6 Å². The van der Waals surface area contributed by atoms with Crippen molar-refractivity contribution in [1.29, 1.82) is 0 Å². The van der Waals surface area contributed by atoms with Gasteiger partial charge in [0.15, 0.2) is 0 Å². The van der Waals surface area contributed by atoms with E-state index in [4.69, 9.17) is 0 Å². The molecule has 33 heavy (non-hydrogen) atoms. The molecule has 1 saturated heterocycles. The van der Waals surface area contributed by atoms with Gasteiger partial charge in [0, 0.05) is 16.0 Å². The molecule has 3 heterocycles. The highest BCUT2D eigenvalue weighted by atomic mass is 32.2. The number of H-pyrrole nitrogens is 1. The van der Waals surface area contributed by atoms with Gasteiger partial charge in [-0.1, -0.05) is 41.7 Å². The van der Waals surface area contributed by atoms with Crippen LogP contribution in [0.5, 0.6) is 0 Å². The average molecular weight is 479 g/mol. The Morgan fingerprint density at radius 1 is 0.909 bits per heavy atom. The minimum Gasteiger partial charge on any atom is -0.307 e. The molecular weight excluding hydrogens is 459 g/mol. The van der Waals surface area contributed by atoms with E-state index >= 15 is 0 Å². The van der Waals surface area contributed by atoms with Crippen LogP contribution >= 0.6 is 23.1 Å². The third-order valence-electron chi connectivity index (χ3n) is 7.97. The van der Waals surface area contributed by atoms with Crippen LogP contribution in [0.3, 0.4) is 0 Å². The van der Waals surface area contributed by atoms with Crippen molar-refractivity contribution in [3.05, 3.63) is 80.5 Å². The number of anilines is 1. The van der Waals surface area contributed by atoms with E-state index in [1.165, 1.54) is 40.5 Å². The van der Waals surface area contributed by atoms with E-state index in [1.54, 1.807) is 11.8 Å². The van der Waals surface area contributed by atoms with Crippen molar-refractivity contribution in [3.63, 3.8) is 0 Å². The number of carbonyl (C=O) groups excluding carboxylic acids is 2. The first-order valence-corrected chi connectivity index (χ1v) is 12.8. The molecule has 3 fully saturated rings. The van der Waals surface area contributed by atoms with Crippen LogP contribution < -0.4 is 9.77 Å². The summed E-state index contributed by atoms with van der Waals surface area (Å²) in [6.07, 6.45) is 0.856. The number of aromatic nitrogens is 1. The molecule has 7 atom stereocenters. The molecule has 2 aromatic carbocycles. The molecule has 0 radical (unpaired) electrons. The Morgan fingerprint density at radius 3 is 2.33 bits per heavy atom. The first-order valence-electron chi connectivity index (χ1n) is 11.1. The monoisotopic (exact) mass is 478 g/mol. The summed E-state index contributed by atoms with van der Waals surface area (Å²) in [5.74, 6) is -1.03. The fraction of sp³-hybridized carbons (Fsp3) is 0.320. The van der Waals surface area contributed by atoms with Gasteiger partial charge in [-0.15, -0.1) is 11.8 Å². The van der Waals surface area contributed by atoms with Gasteiger partial charge in [-0.2, -0.15) is 0 Å². The predicted octanol–water partition coefficient (Wildman–Crippen LogP) is 4.25. The smallest absolute Gasteiger partial charge is 0.305 e. The van der Waals surface area contributed by atoms with E-state index in [0.717, 1.165) is 21.9 Å². The van der Waals surface area contributed by atoms with Crippen LogP contribution in [0.15, 0.2) is 64.4 Å². The van der Waals surface area contributed by atoms with Gasteiger partial charge in [-0.05, 0) is 54.0 Å². The molecule has 2 aliphatic carbocycles. The molecule has 2 amide bonds. The number of carbonyl (C=O) groups is 2. The molecule has 3 aromatic rings. The third-order valence-corrected chi connectivity index (χ3v) is 10.6. The summed E-state index contributed by atoms with van der Waals surface area (Å²) < 4.78 is 13.5. The predicted molar refractivity (Wildman–Crippen MR) is 124 cm³/mol. The van der Waals surface area contributed by atoms with E-state index in [-0.39, 0.29) is 57.4 Å². The summed E-state index contributed by atoms with van der Waals surface area (Å²) in [5, 5.41) is 1.08. The van der Waals surface area contributed by atoms with Crippen molar-refractivity contribution in [3.8, 4) is 0 Å². The second-order valence-electron chi connectivity index (χ2n) is 9.36. The summed E-state index contributed by atoms with van der Waals surface area (Å²) in [6, 6.07) is 15.8. The van der Waals surface area contributed by atoms with Crippen LogP contribution in [0.2, 0.25) is 0 Å². The number of nitrogens with one attached hydrogen (secondary N) is 1. The summed E-state index contributed by atoms with van der Waals surface area (Å²) >= 11 is 2.95. The van der Waals surface area contributed by atoms with Gasteiger partial charge in [-0.3, -0.25) is 19.3 Å². The maximum Gasteiger partial charge on any atom is 0.305 e. The molecule has 5 nitrogen and oxygen atoms in total. The molecule has 2 saturated carbocycles. The normalized spacial score (nSPS) is 33.8. The summed E-state index contributed by atoms with van der Waals surface area (Å²) in [6.45, 7) is 0. The second kappa shape index (κ2) is 6.90. The lowest BCUT2D eigenvalue weighted by molar-refractivity contribution is -0.123. The largest absolute Gasteiger partial charge is 0.307 e. The molecule has 166 valence electrons. The lowest BCUT2D eigenvalue weighted by Gasteiger charge is -2.43. The topological polar surface area (TPSA) is 70.2 Å². The Bertz CT molecular complexity index is 1350. The van der Waals surface area contributed by atoms with Crippen molar-refractivity contribution in [2.75, 3.05) is 4.90 Å². The number of hydrogen-bond acceptors (Lipinski definition) is 5. The lowest BCUT2D eigenvalue weighted by atomic mass is 9.68. The van der Waals surface area contributed by atoms with Crippen LogP contribution in [0.25, 0.3) is 0 Å². The minimum atomic E-state index is -0.397. The molecule has 0 unspecified atom stereocenters. The number of aromatic amines is 1. The number of thiazole rings is 1. The third kappa shape index (κ3) is 2.62.